The molecule has 4 aromatic rings. The highest BCUT2D eigenvalue weighted by molar-refractivity contribution is 5.91. The maximum absolute atomic E-state index is 13.5. The number of aliphatic hydroxyl groups is 1. The van der Waals surface area contributed by atoms with Gasteiger partial charge in [0.15, 0.2) is 11.9 Å². The largest absolute Gasteiger partial charge is 0.626 e. The first-order valence-electron chi connectivity index (χ1n) is 14.4. The van der Waals surface area contributed by atoms with Crippen molar-refractivity contribution >= 4 is 11.8 Å². The predicted molar refractivity (Wildman–Crippen MR) is 155 cm³/mol. The molecular formula is C32H33FN6O4. The number of pyridine rings is 1. The Labute approximate surface area is 248 Å². The number of primary amides is 1. The van der Waals surface area contributed by atoms with Crippen molar-refractivity contribution in [2.45, 2.75) is 37.5 Å². The van der Waals surface area contributed by atoms with E-state index in [9.17, 15) is 24.3 Å². The van der Waals surface area contributed by atoms with E-state index in [4.69, 9.17) is 5.73 Å². The van der Waals surface area contributed by atoms with Gasteiger partial charge in [-0.3, -0.25) is 14.8 Å². The Morgan fingerprint density at radius 3 is 2.58 bits per heavy atom. The summed E-state index contributed by atoms with van der Waals surface area (Å²) in [6.45, 7) is 2.50. The topological polar surface area (TPSA) is 142 Å². The number of carbonyl (C=O) groups is 2. The number of aromatic nitrogens is 3. The monoisotopic (exact) mass is 584 g/mol. The summed E-state index contributed by atoms with van der Waals surface area (Å²) in [5.74, 6) is -0.445. The molecule has 1 saturated carbocycles. The average molecular weight is 585 g/mol. The molecule has 6 atom stereocenters. The van der Waals surface area contributed by atoms with Crippen molar-refractivity contribution in [1.82, 2.24) is 19.7 Å². The number of carbonyl (C=O) groups excluding carboxylic acids is 2. The molecular weight excluding hydrogens is 551 g/mol. The zero-order chi connectivity index (χ0) is 30.1. The van der Waals surface area contributed by atoms with Gasteiger partial charge in [0.05, 0.1) is 5.69 Å². The van der Waals surface area contributed by atoms with Crippen molar-refractivity contribution in [2.24, 2.45) is 17.6 Å². The summed E-state index contributed by atoms with van der Waals surface area (Å²) in [5.41, 5.74) is 7.99. The maximum atomic E-state index is 13.5. The van der Waals surface area contributed by atoms with Crippen molar-refractivity contribution in [3.8, 4) is 5.82 Å². The van der Waals surface area contributed by atoms with E-state index in [0.717, 1.165) is 25.2 Å². The number of quaternary nitrogens is 1. The van der Waals surface area contributed by atoms with Crippen molar-refractivity contribution in [1.29, 1.82) is 0 Å². The second-order valence-corrected chi connectivity index (χ2v) is 11.5. The molecule has 11 heteroatoms. The smallest absolute Gasteiger partial charge is 0.348 e. The molecule has 6 rings (SSSR count). The van der Waals surface area contributed by atoms with Gasteiger partial charge in [-0.15, -0.1) is 0 Å². The molecule has 0 radical (unpaired) electrons. The number of nitrogens with one attached hydrogen (secondary N) is 1. The zero-order valence-corrected chi connectivity index (χ0v) is 23.4. The lowest BCUT2D eigenvalue weighted by Crippen LogP contribution is -3.16. The third-order valence-electron chi connectivity index (χ3n) is 8.75. The normalized spacial score (nSPS) is 21.9. The Kier molecular flexibility index (Phi) is 8.13. The molecule has 10 nitrogen and oxygen atoms in total. The van der Waals surface area contributed by atoms with Gasteiger partial charge in [0.2, 0.25) is 0 Å². The lowest BCUT2D eigenvalue weighted by atomic mass is 9.64. The third-order valence-corrected chi connectivity index (χ3v) is 8.75. The number of likely N-dealkylation sites (tertiary alicyclic amines) is 1. The molecule has 1 aliphatic carbocycles. The van der Waals surface area contributed by atoms with Crippen LogP contribution in [0.3, 0.4) is 0 Å². The van der Waals surface area contributed by atoms with E-state index < -0.39 is 29.0 Å². The lowest BCUT2D eigenvalue weighted by Gasteiger charge is -2.40. The second-order valence-electron chi connectivity index (χ2n) is 11.5. The van der Waals surface area contributed by atoms with E-state index >= 15 is 0 Å². The van der Waals surface area contributed by atoms with Crippen LogP contribution in [-0.2, 0) is 17.8 Å². The SMILES string of the molecule is NC(=O)C(O)C(Cc1ccccc1)[NH+]([O-])C(=O)c1cccnc1-n1ccc(CN2CC3C[C@@H](c4ccc(F)cc4)C3C2)n1. The third kappa shape index (κ3) is 5.98. The van der Waals surface area contributed by atoms with Gasteiger partial charge in [-0.1, -0.05) is 42.5 Å². The van der Waals surface area contributed by atoms with Gasteiger partial charge in [0.1, 0.15) is 17.4 Å². The highest BCUT2D eigenvalue weighted by Gasteiger charge is 2.47. The number of amides is 2. The number of benzene rings is 2. The van der Waals surface area contributed by atoms with E-state index in [0.29, 0.717) is 29.9 Å². The Hall–Kier alpha value is -4.29. The van der Waals surface area contributed by atoms with Crippen LogP contribution in [0.2, 0.25) is 0 Å². The number of nitrogens with two attached hydrogens (primary N) is 1. The Bertz CT molecular complexity index is 1600. The number of aliphatic hydroxyl groups excluding tert-OH is 1. The Morgan fingerprint density at radius 2 is 1.84 bits per heavy atom. The van der Waals surface area contributed by atoms with Crippen LogP contribution in [0.5, 0.6) is 0 Å². The van der Waals surface area contributed by atoms with Crippen molar-refractivity contribution in [3.05, 3.63) is 119 Å². The van der Waals surface area contributed by atoms with Crippen LogP contribution in [0.1, 0.15) is 39.5 Å². The molecule has 4 N–H and O–H groups in total. The number of rotatable bonds is 10. The van der Waals surface area contributed by atoms with E-state index in [1.165, 1.54) is 34.6 Å². The highest BCUT2D eigenvalue weighted by atomic mass is 19.1. The van der Waals surface area contributed by atoms with Crippen LogP contribution in [-0.4, -0.2) is 61.8 Å². The molecule has 0 bridgehead atoms. The second kappa shape index (κ2) is 12.1. The van der Waals surface area contributed by atoms with Crippen molar-refractivity contribution < 1.29 is 24.1 Å². The van der Waals surface area contributed by atoms with Gasteiger partial charge in [-0.05, 0) is 65.6 Å². The van der Waals surface area contributed by atoms with Crippen LogP contribution in [0.4, 0.5) is 4.39 Å². The molecule has 0 spiro atoms. The molecule has 2 fully saturated rings. The summed E-state index contributed by atoms with van der Waals surface area (Å²) >= 11 is 0. The standard InChI is InChI=1S/C32H33FN6O4/c33-23-10-8-21(9-11-23)26-16-22-17-37(19-27(22)26)18-24-12-14-38(36-24)31-25(7-4-13-35-31)32(42)39(43)28(29(40)30(34)41)15-20-5-2-1-3-6-20/h1-14,22,26-29,39-40H,15-19H2,(H2,34,41)/t22?,26-,27?,28?,29?/m0/s1. The van der Waals surface area contributed by atoms with Crippen LogP contribution in [0, 0.1) is 22.9 Å². The van der Waals surface area contributed by atoms with Gasteiger partial charge >= 0.3 is 5.91 Å². The number of hydroxylamine groups is 2. The molecule has 2 aliphatic rings. The molecule has 2 amide bonds. The summed E-state index contributed by atoms with van der Waals surface area (Å²) in [6.07, 6.45) is 2.43. The Balaban J connectivity index is 1.16. The molecule has 1 aliphatic heterocycles. The van der Waals surface area contributed by atoms with Gasteiger partial charge in [0, 0.05) is 38.4 Å². The lowest BCUT2D eigenvalue weighted by molar-refractivity contribution is -0.792. The van der Waals surface area contributed by atoms with Crippen molar-refractivity contribution in [3.63, 3.8) is 0 Å². The van der Waals surface area contributed by atoms with Gasteiger partial charge in [-0.2, -0.15) is 5.10 Å². The number of halogens is 1. The van der Waals surface area contributed by atoms with Gasteiger partial charge in [0.25, 0.3) is 5.91 Å². The van der Waals surface area contributed by atoms with E-state index in [2.05, 4.69) is 15.0 Å². The number of nitrogens with zero attached hydrogens (tertiary/aromatic N) is 4. The van der Waals surface area contributed by atoms with Crippen LogP contribution in [0.15, 0.2) is 85.2 Å². The van der Waals surface area contributed by atoms with Gasteiger partial charge < -0.3 is 16.0 Å². The fourth-order valence-corrected chi connectivity index (χ4v) is 6.49. The van der Waals surface area contributed by atoms with E-state index in [1.54, 1.807) is 42.6 Å². The molecule has 3 heterocycles. The Morgan fingerprint density at radius 1 is 1.07 bits per heavy atom. The number of hydrogen-bond donors (Lipinski definition) is 3. The van der Waals surface area contributed by atoms with E-state index in [-0.39, 0.29) is 23.6 Å². The van der Waals surface area contributed by atoms with Crippen molar-refractivity contribution in [2.75, 3.05) is 13.1 Å². The minimum Gasteiger partial charge on any atom is -0.626 e. The zero-order valence-electron chi connectivity index (χ0n) is 23.4. The fraction of sp³-hybridized carbons (Fsp3) is 0.312. The molecule has 5 unspecified atom stereocenters. The molecule has 43 heavy (non-hydrogen) atoms. The number of fused-ring (bicyclic) bond motifs is 1. The predicted octanol–water partition coefficient (Wildman–Crippen LogP) is 1.62. The molecule has 222 valence electrons. The van der Waals surface area contributed by atoms with Gasteiger partial charge in [-0.25, -0.2) is 18.9 Å². The minimum atomic E-state index is -1.83. The van der Waals surface area contributed by atoms with Crippen LogP contribution < -0.4 is 10.8 Å². The minimum absolute atomic E-state index is 0.0123. The van der Waals surface area contributed by atoms with E-state index in [1.807, 2.05) is 18.2 Å². The number of hydrogen-bond acceptors (Lipinski definition) is 7. The average Bonchev–Trinajstić information content (AvgIpc) is 3.60. The highest BCUT2D eigenvalue weighted by Crippen LogP contribution is 2.51. The maximum Gasteiger partial charge on any atom is 0.348 e. The molecule has 2 aromatic carbocycles. The summed E-state index contributed by atoms with van der Waals surface area (Å²) in [7, 11) is 0. The summed E-state index contributed by atoms with van der Waals surface area (Å²) < 4.78 is 14.8. The summed E-state index contributed by atoms with van der Waals surface area (Å²) in [6, 6.07) is 19.2. The molecule has 1 saturated heterocycles. The quantitative estimate of drug-likeness (QED) is 0.241. The first kappa shape index (κ1) is 28.8. The first-order valence-corrected chi connectivity index (χ1v) is 14.4. The summed E-state index contributed by atoms with van der Waals surface area (Å²) in [4.78, 5) is 32.0. The molecule has 2 aromatic heterocycles. The first-order chi connectivity index (χ1) is 20.8. The van der Waals surface area contributed by atoms with Crippen LogP contribution in [0.25, 0.3) is 5.82 Å². The van der Waals surface area contributed by atoms with Crippen LogP contribution >= 0.6 is 0 Å². The fourth-order valence-electron chi connectivity index (χ4n) is 6.49. The summed E-state index contributed by atoms with van der Waals surface area (Å²) in [5, 5.41) is 27.6.